The van der Waals surface area contributed by atoms with Gasteiger partial charge >= 0.3 is 11.8 Å². The predicted molar refractivity (Wildman–Crippen MR) is 50.6 cm³/mol. The zero-order chi connectivity index (χ0) is 10.1. The van der Waals surface area contributed by atoms with Gasteiger partial charge in [0.2, 0.25) is 0 Å². The van der Waals surface area contributed by atoms with Gasteiger partial charge in [-0.2, -0.15) is 0 Å². The van der Waals surface area contributed by atoms with E-state index in [-0.39, 0.29) is 17.9 Å². The molecular formula is C9H15N3O2. The molecule has 2 heterocycles. The number of carbonyl (C=O) groups excluding carboxylic acids is 2. The molecule has 0 aromatic carbocycles. The molecule has 0 aliphatic carbocycles. The number of nitrogens with one attached hydrogen (secondary N) is 1. The lowest BCUT2D eigenvalue weighted by Crippen LogP contribution is -2.65. The summed E-state index contributed by atoms with van der Waals surface area (Å²) in [5.74, 6) is -0.671. The number of hydrogen-bond acceptors (Lipinski definition) is 3. The highest BCUT2D eigenvalue weighted by Crippen LogP contribution is 2.13. The van der Waals surface area contributed by atoms with E-state index in [4.69, 9.17) is 0 Å². The van der Waals surface area contributed by atoms with E-state index in [9.17, 15) is 9.59 Å². The van der Waals surface area contributed by atoms with Gasteiger partial charge < -0.3 is 15.1 Å². The van der Waals surface area contributed by atoms with Crippen LogP contribution in [0.4, 0.5) is 0 Å². The van der Waals surface area contributed by atoms with Crippen LogP contribution in [0.15, 0.2) is 0 Å². The normalized spacial score (nSPS) is 27.9. The third kappa shape index (κ3) is 1.37. The summed E-state index contributed by atoms with van der Waals surface area (Å²) in [6, 6.07) is 0.175. The van der Waals surface area contributed by atoms with E-state index in [2.05, 4.69) is 5.32 Å². The van der Waals surface area contributed by atoms with Crippen molar-refractivity contribution in [2.45, 2.75) is 13.0 Å². The maximum Gasteiger partial charge on any atom is 0.312 e. The molecule has 0 saturated carbocycles. The van der Waals surface area contributed by atoms with Crippen molar-refractivity contribution in [3.63, 3.8) is 0 Å². The number of carbonyl (C=O) groups is 2. The van der Waals surface area contributed by atoms with Gasteiger partial charge in [0.05, 0.1) is 6.04 Å². The van der Waals surface area contributed by atoms with Crippen LogP contribution in [0.3, 0.4) is 0 Å². The summed E-state index contributed by atoms with van der Waals surface area (Å²) in [7, 11) is 0. The summed E-state index contributed by atoms with van der Waals surface area (Å²) in [6.07, 6.45) is 0. The third-order valence-corrected chi connectivity index (χ3v) is 2.89. The van der Waals surface area contributed by atoms with Crippen molar-refractivity contribution >= 4 is 11.8 Å². The molecule has 14 heavy (non-hydrogen) atoms. The Bertz CT molecular complexity index is 267. The standard InChI is InChI=1S/C9H15N3O2/c1-2-11-6-7-5-10-3-4-12(7)9(14)8(11)13/h7,10H,2-6H2,1H3. The maximum atomic E-state index is 11.6. The van der Waals surface area contributed by atoms with Crippen molar-refractivity contribution in [2.75, 3.05) is 32.7 Å². The fourth-order valence-electron chi connectivity index (χ4n) is 2.06. The number of piperazine rings is 2. The molecule has 2 amide bonds. The van der Waals surface area contributed by atoms with Crippen LogP contribution in [0.25, 0.3) is 0 Å². The van der Waals surface area contributed by atoms with Gasteiger partial charge in [0.25, 0.3) is 0 Å². The molecule has 0 radical (unpaired) electrons. The number of amides is 2. The molecule has 2 aliphatic heterocycles. The lowest BCUT2D eigenvalue weighted by Gasteiger charge is -2.42. The Balaban J connectivity index is 2.15. The van der Waals surface area contributed by atoms with Crippen LogP contribution >= 0.6 is 0 Å². The molecule has 2 fully saturated rings. The van der Waals surface area contributed by atoms with E-state index >= 15 is 0 Å². The molecule has 5 nitrogen and oxygen atoms in total. The Morgan fingerprint density at radius 1 is 1.43 bits per heavy atom. The Kier molecular flexibility index (Phi) is 2.41. The molecule has 1 unspecified atom stereocenters. The largest absolute Gasteiger partial charge is 0.333 e. The molecule has 2 aliphatic rings. The molecule has 0 bridgehead atoms. The Hall–Kier alpha value is -1.10. The Morgan fingerprint density at radius 3 is 2.93 bits per heavy atom. The minimum atomic E-state index is -0.342. The van der Waals surface area contributed by atoms with Crippen LogP contribution in [0.2, 0.25) is 0 Å². The molecule has 0 aromatic rings. The van der Waals surface area contributed by atoms with Crippen molar-refractivity contribution in [3.05, 3.63) is 0 Å². The molecule has 0 aromatic heterocycles. The lowest BCUT2D eigenvalue weighted by molar-refractivity contribution is -0.159. The fourth-order valence-corrected chi connectivity index (χ4v) is 2.06. The Morgan fingerprint density at radius 2 is 2.21 bits per heavy atom. The number of hydrogen-bond donors (Lipinski definition) is 1. The fraction of sp³-hybridized carbons (Fsp3) is 0.778. The van der Waals surface area contributed by atoms with E-state index in [1.807, 2.05) is 6.92 Å². The summed E-state index contributed by atoms with van der Waals surface area (Å²) in [5, 5.41) is 3.23. The molecular weight excluding hydrogens is 182 g/mol. The number of fused-ring (bicyclic) bond motifs is 1. The van der Waals surface area contributed by atoms with Gasteiger partial charge in [-0.25, -0.2) is 0 Å². The van der Waals surface area contributed by atoms with Crippen molar-refractivity contribution in [1.29, 1.82) is 0 Å². The topological polar surface area (TPSA) is 52.6 Å². The quantitative estimate of drug-likeness (QED) is 0.529. The summed E-state index contributed by atoms with van der Waals surface area (Å²) in [6.45, 7) is 5.45. The van der Waals surface area contributed by atoms with E-state index in [0.29, 0.717) is 19.6 Å². The smallest absolute Gasteiger partial charge is 0.312 e. The summed E-state index contributed by atoms with van der Waals surface area (Å²) >= 11 is 0. The first kappa shape index (κ1) is 9.45. The molecule has 2 saturated heterocycles. The zero-order valence-corrected chi connectivity index (χ0v) is 8.32. The molecule has 2 rings (SSSR count). The van der Waals surface area contributed by atoms with Gasteiger partial charge in [-0.05, 0) is 6.92 Å². The second kappa shape index (κ2) is 3.57. The first-order valence-corrected chi connectivity index (χ1v) is 5.04. The van der Waals surface area contributed by atoms with Gasteiger partial charge in [0.1, 0.15) is 0 Å². The van der Waals surface area contributed by atoms with Crippen LogP contribution < -0.4 is 5.32 Å². The molecule has 1 atom stereocenters. The molecule has 1 N–H and O–H groups in total. The van der Waals surface area contributed by atoms with Crippen molar-refractivity contribution < 1.29 is 9.59 Å². The van der Waals surface area contributed by atoms with Gasteiger partial charge in [-0.1, -0.05) is 0 Å². The van der Waals surface area contributed by atoms with Gasteiger partial charge in [-0.15, -0.1) is 0 Å². The summed E-state index contributed by atoms with van der Waals surface area (Å²) in [5.41, 5.74) is 0. The highest BCUT2D eigenvalue weighted by molar-refractivity contribution is 6.35. The SMILES string of the molecule is CCN1CC2CNCCN2C(=O)C1=O. The number of nitrogens with zero attached hydrogens (tertiary/aromatic N) is 2. The van der Waals surface area contributed by atoms with Crippen molar-refractivity contribution in [1.82, 2.24) is 15.1 Å². The lowest BCUT2D eigenvalue weighted by atomic mass is 10.1. The number of likely N-dealkylation sites (N-methyl/N-ethyl adjacent to an activating group) is 1. The minimum Gasteiger partial charge on any atom is -0.333 e. The predicted octanol–water partition coefficient (Wildman–Crippen LogP) is -1.35. The monoisotopic (exact) mass is 197 g/mol. The van der Waals surface area contributed by atoms with E-state index < -0.39 is 0 Å². The average molecular weight is 197 g/mol. The van der Waals surface area contributed by atoms with E-state index in [0.717, 1.165) is 13.1 Å². The first-order chi connectivity index (χ1) is 6.74. The van der Waals surface area contributed by atoms with Crippen LogP contribution in [0, 0.1) is 0 Å². The van der Waals surface area contributed by atoms with Gasteiger partial charge in [0, 0.05) is 32.7 Å². The summed E-state index contributed by atoms with van der Waals surface area (Å²) in [4.78, 5) is 26.5. The van der Waals surface area contributed by atoms with Crippen LogP contribution in [0.1, 0.15) is 6.92 Å². The number of rotatable bonds is 1. The first-order valence-electron chi connectivity index (χ1n) is 5.04. The minimum absolute atomic E-state index is 0.175. The Labute approximate surface area is 83.0 Å². The van der Waals surface area contributed by atoms with Crippen molar-refractivity contribution in [2.24, 2.45) is 0 Å². The average Bonchev–Trinajstić information content (AvgIpc) is 2.23. The highest BCUT2D eigenvalue weighted by Gasteiger charge is 2.39. The van der Waals surface area contributed by atoms with E-state index in [1.54, 1.807) is 9.80 Å². The third-order valence-electron chi connectivity index (χ3n) is 2.89. The zero-order valence-electron chi connectivity index (χ0n) is 8.32. The second-order valence-electron chi connectivity index (χ2n) is 3.70. The van der Waals surface area contributed by atoms with Crippen LogP contribution in [0.5, 0.6) is 0 Å². The van der Waals surface area contributed by atoms with Crippen LogP contribution in [-0.4, -0.2) is 60.4 Å². The second-order valence-corrected chi connectivity index (χ2v) is 3.70. The van der Waals surface area contributed by atoms with E-state index in [1.165, 1.54) is 0 Å². The van der Waals surface area contributed by atoms with Gasteiger partial charge in [-0.3, -0.25) is 9.59 Å². The van der Waals surface area contributed by atoms with Crippen LogP contribution in [-0.2, 0) is 9.59 Å². The molecule has 5 heteroatoms. The molecule has 78 valence electrons. The van der Waals surface area contributed by atoms with Crippen molar-refractivity contribution in [3.8, 4) is 0 Å². The highest BCUT2D eigenvalue weighted by atomic mass is 16.2. The maximum absolute atomic E-state index is 11.6. The van der Waals surface area contributed by atoms with Gasteiger partial charge in [0.15, 0.2) is 0 Å². The molecule has 0 spiro atoms. The summed E-state index contributed by atoms with van der Waals surface area (Å²) < 4.78 is 0.